The number of aromatic nitrogens is 1. The lowest BCUT2D eigenvalue weighted by molar-refractivity contribution is -0.153. The van der Waals surface area contributed by atoms with Crippen LogP contribution in [0.4, 0.5) is 5.13 Å². The highest BCUT2D eigenvalue weighted by Gasteiger charge is 2.55. The Kier molecular flexibility index (Phi) is 8.28. The number of anilines is 1. The summed E-state index contributed by atoms with van der Waals surface area (Å²) in [5.41, 5.74) is 7.52. The molecule has 14 heteroatoms. The minimum atomic E-state index is -0.884. The summed E-state index contributed by atoms with van der Waals surface area (Å²) in [6.45, 7) is 2.01. The van der Waals surface area contributed by atoms with Gasteiger partial charge in [-0.3, -0.25) is 14.5 Å². The van der Waals surface area contributed by atoms with E-state index in [0.29, 0.717) is 11.5 Å². The van der Waals surface area contributed by atoms with Crippen molar-refractivity contribution in [2.75, 3.05) is 25.7 Å². The Balaban J connectivity index is 1.35. The Morgan fingerprint density at radius 2 is 2.02 bits per heavy atom. The summed E-state index contributed by atoms with van der Waals surface area (Å²) in [5.74, 6) is -0.544. The Morgan fingerprint density at radius 1 is 1.25 bits per heavy atom. The zero-order valence-electron chi connectivity index (χ0n) is 22.1. The zero-order chi connectivity index (χ0) is 28.4. The van der Waals surface area contributed by atoms with Crippen molar-refractivity contribution in [1.29, 1.82) is 0 Å². The Labute approximate surface area is 238 Å². The SMILES string of the molecule is CON=C(C(=O)N[C@@H]1C(=O)N2C(C(=O)OCc3ccc(OC)cc3)=C([C@@H]3CC[C@H](C)O3)CS[C@H]12)c1csc(N)n1. The molecule has 0 spiro atoms. The van der Waals surface area contributed by atoms with Crippen molar-refractivity contribution in [2.24, 2.45) is 5.16 Å². The van der Waals surface area contributed by atoms with Gasteiger partial charge in [0.25, 0.3) is 11.8 Å². The molecule has 40 heavy (non-hydrogen) atoms. The van der Waals surface area contributed by atoms with Crippen molar-refractivity contribution in [2.45, 2.75) is 50.0 Å². The number of oxime groups is 1. The van der Waals surface area contributed by atoms with E-state index in [-0.39, 0.29) is 41.0 Å². The molecule has 0 saturated carbocycles. The predicted molar refractivity (Wildman–Crippen MR) is 148 cm³/mol. The molecule has 1 aromatic carbocycles. The van der Waals surface area contributed by atoms with Gasteiger partial charge in [0, 0.05) is 11.1 Å². The van der Waals surface area contributed by atoms with Gasteiger partial charge in [0.2, 0.25) is 0 Å². The first-order chi connectivity index (χ1) is 19.3. The number of ether oxygens (including phenoxy) is 3. The zero-order valence-corrected chi connectivity index (χ0v) is 23.8. The molecule has 0 unspecified atom stereocenters. The summed E-state index contributed by atoms with van der Waals surface area (Å²) >= 11 is 2.60. The standard InChI is InChI=1S/C26H29N5O7S2/c1-13-4-9-18(38-13)16-11-39-24-20(29-22(32)19(30-36-3)17-12-40-26(27)28-17)23(33)31(24)21(16)25(34)37-10-14-5-7-15(35-2)8-6-14/h5-8,12-13,18,20,24H,4,9-11H2,1-3H3,(H2,27,28)(H,29,32)/t13-,18-,20+,24+/m0/s1. The fourth-order valence-corrected chi connectivity index (χ4v) is 6.73. The number of esters is 1. The van der Waals surface area contributed by atoms with Crippen LogP contribution in [0.25, 0.3) is 0 Å². The molecular formula is C26H29N5O7S2. The van der Waals surface area contributed by atoms with Crippen LogP contribution < -0.4 is 15.8 Å². The number of thiazole rings is 1. The second-order valence-corrected chi connectivity index (χ2v) is 11.4. The van der Waals surface area contributed by atoms with Gasteiger partial charge in [0.1, 0.15) is 42.3 Å². The van der Waals surface area contributed by atoms with Crippen molar-refractivity contribution >= 4 is 51.7 Å². The molecule has 12 nitrogen and oxygen atoms in total. The lowest BCUT2D eigenvalue weighted by atomic mass is 9.99. The van der Waals surface area contributed by atoms with Gasteiger partial charge in [-0.05, 0) is 43.0 Å². The number of nitrogens with two attached hydrogens (primary N) is 1. The molecule has 3 aliphatic heterocycles. The number of hydrogen-bond acceptors (Lipinski definition) is 12. The van der Waals surface area contributed by atoms with Crippen LogP contribution in [0.5, 0.6) is 5.75 Å². The Bertz CT molecular complexity index is 1360. The fraction of sp³-hybridized carbons (Fsp3) is 0.423. The first kappa shape index (κ1) is 27.9. The van der Waals surface area contributed by atoms with Crippen LogP contribution in [0.3, 0.4) is 0 Å². The van der Waals surface area contributed by atoms with Gasteiger partial charge in [-0.25, -0.2) is 9.78 Å². The van der Waals surface area contributed by atoms with Crippen molar-refractivity contribution in [3.05, 3.63) is 52.2 Å². The number of hydrogen-bond donors (Lipinski definition) is 2. The van der Waals surface area contributed by atoms with Gasteiger partial charge in [-0.1, -0.05) is 17.3 Å². The molecule has 212 valence electrons. The van der Waals surface area contributed by atoms with Gasteiger partial charge >= 0.3 is 5.97 Å². The largest absolute Gasteiger partial charge is 0.497 e. The second kappa shape index (κ2) is 11.9. The summed E-state index contributed by atoms with van der Waals surface area (Å²) in [5, 5.41) is 7.83. The van der Waals surface area contributed by atoms with E-state index in [1.54, 1.807) is 36.8 Å². The fourth-order valence-electron chi connectivity index (χ4n) is 4.78. The van der Waals surface area contributed by atoms with E-state index in [9.17, 15) is 14.4 Å². The predicted octanol–water partition coefficient (Wildman–Crippen LogP) is 2.05. The molecule has 0 radical (unpaired) electrons. The average Bonchev–Trinajstić information content (AvgIpc) is 3.60. The monoisotopic (exact) mass is 587 g/mol. The molecule has 5 rings (SSSR count). The maximum absolute atomic E-state index is 13.5. The number of fused-ring (bicyclic) bond motifs is 1. The number of thioether (sulfide) groups is 1. The number of amides is 2. The second-order valence-electron chi connectivity index (χ2n) is 9.37. The summed E-state index contributed by atoms with van der Waals surface area (Å²) < 4.78 is 16.9. The highest BCUT2D eigenvalue weighted by molar-refractivity contribution is 8.00. The van der Waals surface area contributed by atoms with Crippen LogP contribution >= 0.6 is 23.1 Å². The molecule has 1 aromatic heterocycles. The number of β-lactam (4-membered cyclic amide) rings is 1. The number of benzene rings is 1. The van der Waals surface area contributed by atoms with Crippen LogP contribution in [0, 0.1) is 0 Å². The number of carbonyl (C=O) groups is 3. The number of carbonyl (C=O) groups excluding carboxylic acids is 3. The third kappa shape index (κ3) is 5.51. The van der Waals surface area contributed by atoms with Crippen molar-refractivity contribution in [1.82, 2.24) is 15.2 Å². The normalized spacial score (nSPS) is 24.3. The average molecular weight is 588 g/mol. The van der Waals surface area contributed by atoms with Crippen LogP contribution in [0.15, 0.2) is 46.1 Å². The quantitative estimate of drug-likeness (QED) is 0.193. The van der Waals surface area contributed by atoms with E-state index in [0.717, 1.165) is 35.3 Å². The van der Waals surface area contributed by atoms with Gasteiger partial charge in [0.15, 0.2) is 10.8 Å². The van der Waals surface area contributed by atoms with Gasteiger partial charge < -0.3 is 30.1 Å². The summed E-state index contributed by atoms with van der Waals surface area (Å²) in [6.07, 6.45) is 1.36. The Morgan fingerprint density at radius 3 is 2.65 bits per heavy atom. The maximum atomic E-state index is 13.5. The maximum Gasteiger partial charge on any atom is 0.355 e. The topological polar surface area (TPSA) is 155 Å². The minimum absolute atomic E-state index is 0.0230. The van der Waals surface area contributed by atoms with Crippen molar-refractivity contribution < 1.29 is 33.4 Å². The van der Waals surface area contributed by atoms with E-state index in [1.807, 2.05) is 6.92 Å². The highest BCUT2D eigenvalue weighted by atomic mass is 32.2. The van der Waals surface area contributed by atoms with Crippen LogP contribution in [-0.2, 0) is 35.3 Å². The van der Waals surface area contributed by atoms with Gasteiger partial charge in [0.05, 0.1) is 19.3 Å². The van der Waals surface area contributed by atoms with E-state index in [2.05, 4.69) is 15.5 Å². The van der Waals surface area contributed by atoms with Crippen molar-refractivity contribution in [3.63, 3.8) is 0 Å². The number of methoxy groups -OCH3 is 1. The molecule has 2 amide bonds. The van der Waals surface area contributed by atoms with E-state index >= 15 is 0 Å². The highest BCUT2D eigenvalue weighted by Crippen LogP contribution is 2.43. The summed E-state index contributed by atoms with van der Waals surface area (Å²) in [6, 6.07) is 6.28. The van der Waals surface area contributed by atoms with E-state index in [1.165, 1.54) is 23.8 Å². The van der Waals surface area contributed by atoms with Gasteiger partial charge in [-0.15, -0.1) is 23.1 Å². The van der Waals surface area contributed by atoms with E-state index < -0.39 is 29.2 Å². The first-order valence-corrected chi connectivity index (χ1v) is 14.5. The minimum Gasteiger partial charge on any atom is -0.497 e. The Hall–Kier alpha value is -3.62. The first-order valence-electron chi connectivity index (χ1n) is 12.6. The van der Waals surface area contributed by atoms with Crippen molar-refractivity contribution in [3.8, 4) is 5.75 Å². The molecule has 2 saturated heterocycles. The molecule has 2 fully saturated rings. The lowest BCUT2D eigenvalue weighted by Crippen LogP contribution is -2.71. The van der Waals surface area contributed by atoms with Gasteiger partial charge in [-0.2, -0.15) is 0 Å². The molecule has 0 aliphatic carbocycles. The third-order valence-electron chi connectivity index (χ3n) is 6.79. The van der Waals surface area contributed by atoms with Crippen LogP contribution in [0.1, 0.15) is 31.0 Å². The lowest BCUT2D eigenvalue weighted by Gasteiger charge is -2.50. The van der Waals surface area contributed by atoms with Crippen LogP contribution in [0.2, 0.25) is 0 Å². The molecule has 4 heterocycles. The molecule has 3 N–H and O–H groups in total. The third-order valence-corrected chi connectivity index (χ3v) is 8.77. The molecular weight excluding hydrogens is 558 g/mol. The summed E-state index contributed by atoms with van der Waals surface area (Å²) in [4.78, 5) is 50.3. The molecule has 3 aliphatic rings. The smallest absolute Gasteiger partial charge is 0.355 e. The number of rotatable bonds is 9. The number of nitrogens with one attached hydrogen (secondary N) is 1. The molecule has 2 aromatic rings. The molecule has 0 bridgehead atoms. The van der Waals surface area contributed by atoms with E-state index in [4.69, 9.17) is 24.8 Å². The number of nitrogen functional groups attached to an aromatic ring is 1. The molecule has 4 atom stereocenters. The van der Waals surface area contributed by atoms with Crippen LogP contribution in [-0.4, -0.2) is 77.0 Å². The number of nitrogens with zero attached hydrogens (tertiary/aromatic N) is 3. The summed E-state index contributed by atoms with van der Waals surface area (Å²) in [7, 11) is 2.88.